The molecule has 0 fully saturated rings. The van der Waals surface area contributed by atoms with Gasteiger partial charge in [-0.05, 0) is 36.4 Å². The lowest BCUT2D eigenvalue weighted by molar-refractivity contribution is -0.136. The first-order valence-corrected chi connectivity index (χ1v) is 7.78. The molecule has 3 rings (SSSR count). The Balaban J connectivity index is 1.67. The van der Waals surface area contributed by atoms with Crippen molar-refractivity contribution in [1.82, 2.24) is 0 Å². The first kappa shape index (κ1) is 18.3. The van der Waals surface area contributed by atoms with E-state index in [2.05, 4.69) is 0 Å². The number of alkyl halides is 3. The third kappa shape index (κ3) is 4.39. The van der Waals surface area contributed by atoms with Gasteiger partial charge in [0, 0.05) is 17.5 Å². The summed E-state index contributed by atoms with van der Waals surface area (Å²) >= 11 is 0. The zero-order chi connectivity index (χ0) is 19.4. The van der Waals surface area contributed by atoms with Crippen LogP contribution >= 0.6 is 0 Å². The van der Waals surface area contributed by atoms with E-state index < -0.39 is 17.4 Å². The molecule has 27 heavy (non-hydrogen) atoms. The number of fused-ring (bicyclic) bond motifs is 1. The molecule has 0 amide bonds. The van der Waals surface area contributed by atoms with Crippen molar-refractivity contribution in [2.45, 2.75) is 6.18 Å². The summed E-state index contributed by atoms with van der Waals surface area (Å²) in [4.78, 5) is 11.4. The highest BCUT2D eigenvalue weighted by atomic mass is 19.4. The smallest absolute Gasteiger partial charge is 0.417 e. The van der Waals surface area contributed by atoms with Crippen LogP contribution in [0.4, 0.5) is 13.2 Å². The van der Waals surface area contributed by atoms with Crippen molar-refractivity contribution in [2.75, 3.05) is 13.2 Å². The minimum absolute atomic E-state index is 0.120. The number of ether oxygens (including phenoxy) is 2. The van der Waals surface area contributed by atoms with Gasteiger partial charge >= 0.3 is 11.8 Å². The standard InChI is InChI=1S/C19H12F3NO4/c20-19(21,22)16-10-18(24)27-17-9-14(5-6-15(16)17)26-8-7-25-13-3-1-12(11-23)2-4-13/h1-6,9-10H,7-8H2. The Kier molecular flexibility index (Phi) is 5.03. The van der Waals surface area contributed by atoms with Gasteiger partial charge < -0.3 is 13.9 Å². The van der Waals surface area contributed by atoms with Gasteiger partial charge in [0.2, 0.25) is 0 Å². The third-order valence-corrected chi connectivity index (χ3v) is 3.63. The second-order valence-electron chi connectivity index (χ2n) is 5.47. The zero-order valence-electron chi connectivity index (χ0n) is 13.7. The minimum atomic E-state index is -4.66. The van der Waals surface area contributed by atoms with Gasteiger partial charge in [0.15, 0.2) is 0 Å². The van der Waals surface area contributed by atoms with Gasteiger partial charge in [-0.3, -0.25) is 0 Å². The van der Waals surface area contributed by atoms with Crippen LogP contribution in [0.1, 0.15) is 11.1 Å². The first-order valence-electron chi connectivity index (χ1n) is 7.78. The second kappa shape index (κ2) is 7.41. The van der Waals surface area contributed by atoms with Crippen LogP contribution in [0.15, 0.2) is 57.7 Å². The predicted molar refractivity (Wildman–Crippen MR) is 89.6 cm³/mol. The maximum atomic E-state index is 13.0. The molecule has 2 aromatic carbocycles. The normalized spacial score (nSPS) is 11.2. The largest absolute Gasteiger partial charge is 0.490 e. The number of nitriles is 1. The Hall–Kier alpha value is -3.47. The molecular weight excluding hydrogens is 363 g/mol. The van der Waals surface area contributed by atoms with Gasteiger partial charge in [-0.15, -0.1) is 0 Å². The Morgan fingerprint density at radius 1 is 0.963 bits per heavy atom. The summed E-state index contributed by atoms with van der Waals surface area (Å²) in [6.45, 7) is 0.297. The summed E-state index contributed by atoms with van der Waals surface area (Å²) in [7, 11) is 0. The topological polar surface area (TPSA) is 72.5 Å². The molecule has 0 atom stereocenters. The third-order valence-electron chi connectivity index (χ3n) is 3.63. The molecule has 0 aliphatic rings. The van der Waals surface area contributed by atoms with Gasteiger partial charge in [-0.25, -0.2) is 4.79 Å². The van der Waals surface area contributed by atoms with Gasteiger partial charge in [-0.2, -0.15) is 18.4 Å². The average Bonchev–Trinajstić information content (AvgIpc) is 2.64. The summed E-state index contributed by atoms with van der Waals surface area (Å²) in [5.74, 6) is 0.797. The van der Waals surface area contributed by atoms with E-state index in [1.165, 1.54) is 18.2 Å². The predicted octanol–water partition coefficient (Wildman–Crippen LogP) is 4.14. The SMILES string of the molecule is N#Cc1ccc(OCCOc2ccc3c(C(F)(F)F)cc(=O)oc3c2)cc1. The average molecular weight is 375 g/mol. The van der Waals surface area contributed by atoms with Crippen molar-refractivity contribution in [2.24, 2.45) is 0 Å². The lowest BCUT2D eigenvalue weighted by Gasteiger charge is -2.11. The maximum Gasteiger partial charge on any atom is 0.417 e. The van der Waals surface area contributed by atoms with E-state index in [4.69, 9.17) is 19.2 Å². The fourth-order valence-corrected chi connectivity index (χ4v) is 2.41. The fraction of sp³-hybridized carbons (Fsp3) is 0.158. The molecule has 5 nitrogen and oxygen atoms in total. The van der Waals surface area contributed by atoms with Crippen LogP contribution in [0, 0.1) is 11.3 Å². The van der Waals surface area contributed by atoms with Crippen molar-refractivity contribution >= 4 is 11.0 Å². The molecule has 0 saturated heterocycles. The van der Waals surface area contributed by atoms with Crippen molar-refractivity contribution in [3.63, 3.8) is 0 Å². The highest BCUT2D eigenvalue weighted by Crippen LogP contribution is 2.34. The Bertz CT molecular complexity index is 1050. The molecule has 0 aliphatic carbocycles. The molecule has 0 saturated carbocycles. The van der Waals surface area contributed by atoms with Crippen molar-refractivity contribution in [3.05, 3.63) is 70.1 Å². The number of benzene rings is 2. The van der Waals surface area contributed by atoms with Gasteiger partial charge in [-0.1, -0.05) is 0 Å². The summed E-state index contributed by atoms with van der Waals surface area (Å²) in [6.07, 6.45) is -4.66. The number of halogens is 3. The molecule has 0 bridgehead atoms. The molecule has 138 valence electrons. The highest BCUT2D eigenvalue weighted by molar-refractivity contribution is 5.82. The molecule has 3 aromatic rings. The van der Waals surface area contributed by atoms with Crippen LogP contribution in [-0.2, 0) is 6.18 Å². The molecule has 0 spiro atoms. The van der Waals surface area contributed by atoms with Gasteiger partial charge in [0.1, 0.15) is 30.3 Å². The number of hydrogen-bond donors (Lipinski definition) is 0. The minimum Gasteiger partial charge on any atom is -0.490 e. The molecule has 0 N–H and O–H groups in total. The highest BCUT2D eigenvalue weighted by Gasteiger charge is 2.33. The zero-order valence-corrected chi connectivity index (χ0v) is 13.7. The van der Waals surface area contributed by atoms with E-state index in [0.717, 1.165) is 0 Å². The molecule has 0 aliphatic heterocycles. The van der Waals surface area contributed by atoms with E-state index in [1.807, 2.05) is 6.07 Å². The van der Waals surface area contributed by atoms with Crippen LogP contribution < -0.4 is 15.1 Å². The first-order chi connectivity index (χ1) is 12.9. The number of rotatable bonds is 5. The molecule has 1 aromatic heterocycles. The van der Waals surface area contributed by atoms with Crippen LogP contribution in [0.2, 0.25) is 0 Å². The Labute approximate surface area is 151 Å². The van der Waals surface area contributed by atoms with Crippen molar-refractivity contribution < 1.29 is 27.1 Å². The van der Waals surface area contributed by atoms with Gasteiger partial charge in [0.05, 0.1) is 17.2 Å². The summed E-state index contributed by atoms with van der Waals surface area (Å²) in [6, 6.07) is 12.7. The molecule has 1 heterocycles. The fourth-order valence-electron chi connectivity index (χ4n) is 2.41. The lowest BCUT2D eigenvalue weighted by Crippen LogP contribution is -2.11. The Morgan fingerprint density at radius 2 is 1.59 bits per heavy atom. The summed E-state index contributed by atoms with van der Waals surface area (Å²) < 4.78 is 54.7. The van der Waals surface area contributed by atoms with Crippen LogP contribution in [0.3, 0.4) is 0 Å². The van der Waals surface area contributed by atoms with Crippen molar-refractivity contribution in [1.29, 1.82) is 5.26 Å². The van der Waals surface area contributed by atoms with E-state index in [9.17, 15) is 18.0 Å². The second-order valence-corrected chi connectivity index (χ2v) is 5.47. The Morgan fingerprint density at radius 3 is 2.22 bits per heavy atom. The number of hydrogen-bond acceptors (Lipinski definition) is 5. The monoisotopic (exact) mass is 375 g/mol. The van der Waals surface area contributed by atoms with Crippen LogP contribution in [0.5, 0.6) is 11.5 Å². The molecule has 0 unspecified atom stereocenters. The van der Waals surface area contributed by atoms with E-state index >= 15 is 0 Å². The quantitative estimate of drug-likeness (QED) is 0.495. The van der Waals surface area contributed by atoms with E-state index in [-0.39, 0.29) is 29.9 Å². The summed E-state index contributed by atoms with van der Waals surface area (Å²) in [5.41, 5.74) is -1.84. The van der Waals surface area contributed by atoms with Gasteiger partial charge in [0.25, 0.3) is 0 Å². The van der Waals surface area contributed by atoms with Crippen molar-refractivity contribution in [3.8, 4) is 17.6 Å². The number of nitrogens with zero attached hydrogens (tertiary/aromatic N) is 1. The van der Waals surface area contributed by atoms with E-state index in [1.54, 1.807) is 24.3 Å². The molecule has 0 radical (unpaired) electrons. The molecular formula is C19H12F3NO4. The molecule has 8 heteroatoms. The van der Waals surface area contributed by atoms with Crippen LogP contribution in [-0.4, -0.2) is 13.2 Å². The summed E-state index contributed by atoms with van der Waals surface area (Å²) in [5, 5.41) is 8.50. The maximum absolute atomic E-state index is 13.0. The lowest BCUT2D eigenvalue weighted by atomic mass is 10.1. The van der Waals surface area contributed by atoms with Crippen LogP contribution in [0.25, 0.3) is 11.0 Å². The van der Waals surface area contributed by atoms with E-state index in [0.29, 0.717) is 17.4 Å².